The van der Waals surface area contributed by atoms with Gasteiger partial charge < -0.3 is 0 Å². The average Bonchev–Trinajstić information content (AvgIpc) is 3.07. The van der Waals surface area contributed by atoms with Crippen molar-refractivity contribution in [2.45, 2.75) is 25.1 Å². The summed E-state index contributed by atoms with van der Waals surface area (Å²) in [4.78, 5) is 25.2. The van der Waals surface area contributed by atoms with Crippen molar-refractivity contribution < 1.29 is 9.59 Å². The van der Waals surface area contributed by atoms with Crippen LogP contribution in [0.2, 0.25) is 0 Å². The zero-order valence-corrected chi connectivity index (χ0v) is 15.0. The lowest BCUT2D eigenvalue weighted by Gasteiger charge is -2.18. The number of halogens is 1. The maximum atomic E-state index is 12.3. The summed E-state index contributed by atoms with van der Waals surface area (Å²) in [5.41, 5.74) is 1.11. The Balaban J connectivity index is 1.77. The van der Waals surface area contributed by atoms with Crippen LogP contribution in [0.4, 0.5) is 5.82 Å². The van der Waals surface area contributed by atoms with Crippen LogP contribution < -0.4 is 4.90 Å². The maximum absolute atomic E-state index is 12.3. The normalized spacial score (nSPS) is 17.7. The molecule has 1 aliphatic rings. The molecule has 23 heavy (non-hydrogen) atoms. The predicted molar refractivity (Wildman–Crippen MR) is 94.5 cm³/mol. The summed E-state index contributed by atoms with van der Waals surface area (Å²) in [6.45, 7) is 2.69. The largest absolute Gasteiger partial charge is 0.296 e. The number of aromatic nitrogens is 2. The maximum Gasteiger partial charge on any atom is 0.229 e. The summed E-state index contributed by atoms with van der Waals surface area (Å²) in [6.07, 6.45) is 2.10. The van der Waals surface area contributed by atoms with Gasteiger partial charge in [0.25, 0.3) is 0 Å². The third-order valence-electron chi connectivity index (χ3n) is 3.64. The van der Waals surface area contributed by atoms with Crippen LogP contribution in [0.1, 0.15) is 18.9 Å². The third kappa shape index (κ3) is 3.84. The summed E-state index contributed by atoms with van der Waals surface area (Å²) >= 11 is 4.66. The smallest absolute Gasteiger partial charge is 0.229 e. The molecule has 1 amide bonds. The van der Waals surface area contributed by atoms with Crippen molar-refractivity contribution in [1.29, 1.82) is 0 Å². The zero-order chi connectivity index (χ0) is 16.4. The van der Waals surface area contributed by atoms with Crippen LogP contribution in [0, 0.1) is 0 Å². The molecular weight excluding hydrogens is 378 g/mol. The van der Waals surface area contributed by atoms with E-state index in [9.17, 15) is 9.59 Å². The molecule has 0 radical (unpaired) electrons. The van der Waals surface area contributed by atoms with Gasteiger partial charge in [-0.15, -0.1) is 0 Å². The molecule has 1 saturated heterocycles. The first-order valence-electron chi connectivity index (χ1n) is 7.27. The zero-order valence-electron chi connectivity index (χ0n) is 12.6. The Morgan fingerprint density at radius 2 is 2.09 bits per heavy atom. The summed E-state index contributed by atoms with van der Waals surface area (Å²) in [5, 5.41) is 4.41. The Morgan fingerprint density at radius 1 is 1.35 bits per heavy atom. The Bertz CT molecular complexity index is 729. The van der Waals surface area contributed by atoms with Crippen molar-refractivity contribution in [3.63, 3.8) is 0 Å². The first-order chi connectivity index (χ1) is 11.0. The topological polar surface area (TPSA) is 55.2 Å². The second-order valence-corrected chi connectivity index (χ2v) is 7.81. The molecule has 1 aromatic heterocycles. The number of carbonyl (C=O) groups excluding carboxylic acids is 2. The fourth-order valence-corrected chi connectivity index (χ4v) is 3.83. The van der Waals surface area contributed by atoms with E-state index in [1.165, 1.54) is 18.7 Å². The minimum Gasteiger partial charge on any atom is -0.296 e. The molecule has 0 saturated carbocycles. The van der Waals surface area contributed by atoms with Gasteiger partial charge in [0.1, 0.15) is 5.82 Å². The third-order valence-corrected chi connectivity index (χ3v) is 5.15. The minimum atomic E-state index is 0.0241. The van der Waals surface area contributed by atoms with Crippen molar-refractivity contribution in [2.24, 2.45) is 0 Å². The van der Waals surface area contributed by atoms with E-state index < -0.39 is 0 Å². The lowest BCUT2D eigenvalue weighted by atomic mass is 10.2. The average molecular weight is 394 g/mol. The van der Waals surface area contributed by atoms with Gasteiger partial charge in [-0.1, -0.05) is 39.8 Å². The SMILES string of the molecule is CC(=O)SC1CC(=O)N(c2ccnn2Cc2ccc(Br)cc2)C1. The van der Waals surface area contributed by atoms with Crippen molar-refractivity contribution in [3.8, 4) is 0 Å². The minimum absolute atomic E-state index is 0.0241. The van der Waals surface area contributed by atoms with E-state index in [0.29, 0.717) is 19.5 Å². The lowest BCUT2D eigenvalue weighted by Crippen LogP contribution is -2.28. The fraction of sp³-hybridized carbons (Fsp3) is 0.312. The molecule has 1 atom stereocenters. The number of benzene rings is 1. The van der Waals surface area contributed by atoms with Crippen molar-refractivity contribution in [1.82, 2.24) is 9.78 Å². The highest BCUT2D eigenvalue weighted by molar-refractivity contribution is 9.10. The number of hydrogen-bond donors (Lipinski definition) is 0. The molecule has 2 aromatic rings. The molecular formula is C16H16BrN3O2S. The molecule has 3 rings (SSSR count). The van der Waals surface area contributed by atoms with E-state index in [4.69, 9.17) is 0 Å². The van der Waals surface area contributed by atoms with Crippen LogP contribution in [0.5, 0.6) is 0 Å². The number of amides is 1. The molecule has 1 fully saturated rings. The second-order valence-electron chi connectivity index (χ2n) is 5.41. The number of carbonyl (C=O) groups is 2. The van der Waals surface area contributed by atoms with Crippen LogP contribution in [0.25, 0.3) is 0 Å². The molecule has 2 heterocycles. The Kier molecular flexibility index (Phi) is 4.87. The molecule has 120 valence electrons. The van der Waals surface area contributed by atoms with Crippen LogP contribution in [-0.4, -0.2) is 32.6 Å². The van der Waals surface area contributed by atoms with Gasteiger partial charge >= 0.3 is 0 Å². The molecule has 1 aliphatic heterocycles. The van der Waals surface area contributed by atoms with Crippen LogP contribution in [0.3, 0.4) is 0 Å². The molecule has 5 nitrogen and oxygen atoms in total. The highest BCUT2D eigenvalue weighted by Gasteiger charge is 2.33. The van der Waals surface area contributed by atoms with E-state index >= 15 is 0 Å². The van der Waals surface area contributed by atoms with Gasteiger partial charge in [0.2, 0.25) is 5.91 Å². The van der Waals surface area contributed by atoms with E-state index in [0.717, 1.165) is 15.9 Å². The van der Waals surface area contributed by atoms with E-state index in [1.807, 2.05) is 35.0 Å². The standard InChI is InChI=1S/C16H16BrN3O2S/c1-11(21)23-14-8-16(22)19(10-14)15-6-7-18-20(15)9-12-2-4-13(17)5-3-12/h2-7,14H,8-10H2,1H3. The Labute approximate surface area is 147 Å². The van der Waals surface area contributed by atoms with Gasteiger partial charge in [-0.3, -0.25) is 14.5 Å². The van der Waals surface area contributed by atoms with Gasteiger partial charge in [0, 0.05) is 35.7 Å². The van der Waals surface area contributed by atoms with E-state index in [-0.39, 0.29) is 16.3 Å². The van der Waals surface area contributed by atoms with Gasteiger partial charge in [0.05, 0.1) is 12.7 Å². The van der Waals surface area contributed by atoms with Gasteiger partial charge in [0.15, 0.2) is 5.12 Å². The molecule has 0 aliphatic carbocycles. The number of nitrogens with zero attached hydrogens (tertiary/aromatic N) is 3. The van der Waals surface area contributed by atoms with Gasteiger partial charge in [-0.05, 0) is 17.7 Å². The Hall–Kier alpha value is -1.60. The van der Waals surface area contributed by atoms with Gasteiger partial charge in [-0.2, -0.15) is 5.10 Å². The van der Waals surface area contributed by atoms with Crippen LogP contribution in [0.15, 0.2) is 41.0 Å². The molecule has 7 heteroatoms. The first kappa shape index (κ1) is 16.3. The summed E-state index contributed by atoms with van der Waals surface area (Å²) < 4.78 is 2.85. The van der Waals surface area contributed by atoms with Crippen LogP contribution in [-0.2, 0) is 16.1 Å². The van der Waals surface area contributed by atoms with E-state index in [2.05, 4.69) is 21.0 Å². The first-order valence-corrected chi connectivity index (χ1v) is 8.94. The molecule has 0 N–H and O–H groups in total. The van der Waals surface area contributed by atoms with Crippen molar-refractivity contribution in [3.05, 3.63) is 46.6 Å². The predicted octanol–water partition coefficient (Wildman–Crippen LogP) is 3.08. The summed E-state index contributed by atoms with van der Waals surface area (Å²) in [7, 11) is 0. The monoisotopic (exact) mass is 393 g/mol. The van der Waals surface area contributed by atoms with Crippen LogP contribution >= 0.6 is 27.7 Å². The summed E-state index contributed by atoms with van der Waals surface area (Å²) in [6, 6.07) is 9.86. The molecule has 1 unspecified atom stereocenters. The van der Waals surface area contributed by atoms with Crippen molar-refractivity contribution >= 4 is 44.5 Å². The molecule has 0 spiro atoms. The number of anilines is 1. The quantitative estimate of drug-likeness (QED) is 0.800. The Morgan fingerprint density at radius 3 is 2.78 bits per heavy atom. The number of rotatable bonds is 4. The lowest BCUT2D eigenvalue weighted by molar-refractivity contribution is -0.117. The number of hydrogen-bond acceptors (Lipinski definition) is 4. The second kappa shape index (κ2) is 6.88. The van der Waals surface area contributed by atoms with Crippen molar-refractivity contribution in [2.75, 3.05) is 11.4 Å². The highest BCUT2D eigenvalue weighted by atomic mass is 79.9. The fourth-order valence-electron chi connectivity index (χ4n) is 2.65. The number of thioether (sulfide) groups is 1. The molecule has 1 aromatic carbocycles. The van der Waals surface area contributed by atoms with Gasteiger partial charge in [-0.25, -0.2) is 4.68 Å². The molecule has 0 bridgehead atoms. The highest BCUT2D eigenvalue weighted by Crippen LogP contribution is 2.28. The van der Waals surface area contributed by atoms with E-state index in [1.54, 1.807) is 11.1 Å². The summed E-state index contributed by atoms with van der Waals surface area (Å²) in [5.74, 6) is 0.825.